The summed E-state index contributed by atoms with van der Waals surface area (Å²) in [5.74, 6) is 0.476. The zero-order chi connectivity index (χ0) is 18.0. The van der Waals surface area contributed by atoms with Crippen molar-refractivity contribution in [3.8, 4) is 5.75 Å². The number of ketones is 1. The summed E-state index contributed by atoms with van der Waals surface area (Å²) in [4.78, 5) is 11.6. The van der Waals surface area contributed by atoms with E-state index in [1.807, 2.05) is 12.1 Å². The van der Waals surface area contributed by atoms with Crippen molar-refractivity contribution in [1.29, 1.82) is 0 Å². The quantitative estimate of drug-likeness (QED) is 0.706. The summed E-state index contributed by atoms with van der Waals surface area (Å²) < 4.78 is 33.6. The Kier molecular flexibility index (Phi) is 4.46. The lowest BCUT2D eigenvalue weighted by molar-refractivity contribution is 0.101. The number of benzene rings is 3. The van der Waals surface area contributed by atoms with Crippen LogP contribution in [0.4, 0.5) is 5.69 Å². The van der Waals surface area contributed by atoms with E-state index >= 15 is 0 Å². The van der Waals surface area contributed by atoms with E-state index in [-0.39, 0.29) is 10.7 Å². The first-order chi connectivity index (χ1) is 11.9. The van der Waals surface area contributed by atoms with Crippen molar-refractivity contribution in [3.05, 3.63) is 66.2 Å². The van der Waals surface area contributed by atoms with Crippen molar-refractivity contribution in [2.45, 2.75) is 11.8 Å². The third-order valence-corrected chi connectivity index (χ3v) is 5.31. The fourth-order valence-corrected chi connectivity index (χ4v) is 3.93. The molecule has 1 N–H and O–H groups in total. The summed E-state index contributed by atoms with van der Waals surface area (Å²) in [6, 6.07) is 16.7. The van der Waals surface area contributed by atoms with Crippen LogP contribution >= 0.6 is 0 Å². The molecular weight excluding hydrogens is 338 g/mol. The zero-order valence-corrected chi connectivity index (χ0v) is 14.6. The summed E-state index contributed by atoms with van der Waals surface area (Å²) in [6.45, 7) is 1.44. The highest BCUT2D eigenvalue weighted by Gasteiger charge is 2.19. The van der Waals surface area contributed by atoms with Crippen molar-refractivity contribution in [2.24, 2.45) is 0 Å². The van der Waals surface area contributed by atoms with Crippen molar-refractivity contribution >= 4 is 32.3 Å². The minimum atomic E-state index is -3.82. The van der Waals surface area contributed by atoms with Gasteiger partial charge in [0.25, 0.3) is 10.0 Å². The molecule has 0 saturated carbocycles. The maximum absolute atomic E-state index is 12.9. The van der Waals surface area contributed by atoms with Crippen LogP contribution in [0.15, 0.2) is 65.6 Å². The molecule has 0 unspecified atom stereocenters. The fraction of sp³-hybridized carbons (Fsp3) is 0.105. The summed E-state index contributed by atoms with van der Waals surface area (Å²) in [5, 5.41) is 1.28. The maximum Gasteiger partial charge on any atom is 0.262 e. The second-order valence-electron chi connectivity index (χ2n) is 5.55. The van der Waals surface area contributed by atoms with Gasteiger partial charge in [0, 0.05) is 22.0 Å². The Balaban J connectivity index is 2.08. The van der Waals surface area contributed by atoms with Crippen LogP contribution in [0.2, 0.25) is 0 Å². The third-order valence-electron chi connectivity index (χ3n) is 3.87. The van der Waals surface area contributed by atoms with Crippen LogP contribution < -0.4 is 9.46 Å². The summed E-state index contributed by atoms with van der Waals surface area (Å²) >= 11 is 0. The van der Waals surface area contributed by atoms with E-state index in [1.54, 1.807) is 43.5 Å². The number of sulfonamides is 1. The maximum atomic E-state index is 12.9. The minimum absolute atomic E-state index is 0.129. The molecule has 5 nitrogen and oxygen atoms in total. The summed E-state index contributed by atoms with van der Waals surface area (Å²) in [6.07, 6.45) is 0. The van der Waals surface area contributed by atoms with E-state index in [4.69, 9.17) is 4.74 Å². The van der Waals surface area contributed by atoms with Crippen LogP contribution in [0.1, 0.15) is 17.3 Å². The number of ether oxygens (including phenoxy) is 1. The molecule has 3 aromatic carbocycles. The lowest BCUT2D eigenvalue weighted by Crippen LogP contribution is -2.14. The molecule has 128 valence electrons. The topological polar surface area (TPSA) is 72.5 Å². The van der Waals surface area contributed by atoms with Crippen molar-refractivity contribution in [3.63, 3.8) is 0 Å². The molecule has 0 amide bonds. The number of anilines is 1. The van der Waals surface area contributed by atoms with Crippen LogP contribution in [0.5, 0.6) is 5.75 Å². The Bertz CT molecular complexity index is 1060. The molecular formula is C19H17NO4S. The lowest BCUT2D eigenvalue weighted by Gasteiger charge is -2.13. The van der Waals surface area contributed by atoms with Gasteiger partial charge in [-0.1, -0.05) is 36.4 Å². The van der Waals surface area contributed by atoms with E-state index in [1.165, 1.54) is 19.1 Å². The van der Waals surface area contributed by atoms with E-state index < -0.39 is 10.0 Å². The van der Waals surface area contributed by atoms with Gasteiger partial charge in [-0.15, -0.1) is 0 Å². The molecule has 3 aromatic rings. The monoisotopic (exact) mass is 355 g/mol. The third kappa shape index (κ3) is 3.34. The van der Waals surface area contributed by atoms with Crippen LogP contribution in [0.25, 0.3) is 10.8 Å². The average Bonchev–Trinajstić information content (AvgIpc) is 2.60. The highest BCUT2D eigenvalue weighted by atomic mass is 32.2. The Morgan fingerprint density at radius 3 is 2.36 bits per heavy atom. The van der Waals surface area contributed by atoms with Gasteiger partial charge in [-0.3, -0.25) is 9.52 Å². The lowest BCUT2D eigenvalue weighted by atomic mass is 10.1. The van der Waals surface area contributed by atoms with Gasteiger partial charge in [0.2, 0.25) is 0 Å². The molecule has 0 aliphatic heterocycles. The van der Waals surface area contributed by atoms with Crippen molar-refractivity contribution in [2.75, 3.05) is 11.8 Å². The molecule has 0 aliphatic rings. The van der Waals surface area contributed by atoms with Crippen molar-refractivity contribution in [1.82, 2.24) is 0 Å². The van der Waals surface area contributed by atoms with Gasteiger partial charge in [-0.25, -0.2) is 8.42 Å². The Labute approximate surface area is 146 Å². The molecule has 0 bridgehead atoms. The molecule has 3 rings (SSSR count). The SMILES string of the molecule is COc1ccc(S(=O)(=O)Nc2cccc(C(C)=O)c2)c2ccccc12. The van der Waals surface area contributed by atoms with E-state index in [9.17, 15) is 13.2 Å². The standard InChI is InChI=1S/C19H17NO4S/c1-13(21)14-6-5-7-15(12-14)20-25(22,23)19-11-10-18(24-2)16-8-3-4-9-17(16)19/h3-12,20H,1-2H3. The Hall–Kier alpha value is -2.86. The first-order valence-corrected chi connectivity index (χ1v) is 9.10. The highest BCUT2D eigenvalue weighted by Crippen LogP contribution is 2.31. The number of nitrogens with one attached hydrogen (secondary N) is 1. The zero-order valence-electron chi connectivity index (χ0n) is 13.8. The smallest absolute Gasteiger partial charge is 0.262 e. The molecule has 0 aromatic heterocycles. The summed E-state index contributed by atoms with van der Waals surface area (Å²) in [7, 11) is -2.28. The van der Waals surface area contributed by atoms with Crippen LogP contribution in [0.3, 0.4) is 0 Å². The molecule has 25 heavy (non-hydrogen) atoms. The van der Waals surface area contributed by atoms with Crippen LogP contribution in [-0.4, -0.2) is 21.3 Å². The second kappa shape index (κ2) is 6.57. The minimum Gasteiger partial charge on any atom is -0.496 e. The Morgan fingerprint density at radius 2 is 1.68 bits per heavy atom. The van der Waals surface area contributed by atoms with Gasteiger partial charge in [0.1, 0.15) is 5.75 Å². The number of carbonyl (C=O) groups excluding carboxylic acids is 1. The highest BCUT2D eigenvalue weighted by molar-refractivity contribution is 7.93. The van der Waals surface area contributed by atoms with Gasteiger partial charge in [-0.2, -0.15) is 0 Å². The molecule has 0 fully saturated rings. The second-order valence-corrected chi connectivity index (χ2v) is 7.20. The molecule has 0 atom stereocenters. The number of rotatable bonds is 5. The first-order valence-electron chi connectivity index (χ1n) is 7.62. The van der Waals surface area contributed by atoms with Crippen LogP contribution in [0, 0.1) is 0 Å². The molecule has 0 aliphatic carbocycles. The number of fused-ring (bicyclic) bond motifs is 1. The Morgan fingerprint density at radius 1 is 0.960 bits per heavy atom. The fourth-order valence-electron chi connectivity index (χ4n) is 2.67. The average molecular weight is 355 g/mol. The van der Waals surface area contributed by atoms with Gasteiger partial charge in [-0.05, 0) is 31.2 Å². The number of hydrogen-bond acceptors (Lipinski definition) is 4. The number of hydrogen-bond donors (Lipinski definition) is 1. The number of Topliss-reactive ketones (excluding diaryl/α,β-unsaturated/α-hetero) is 1. The molecule has 0 saturated heterocycles. The number of methoxy groups -OCH3 is 1. The predicted molar refractivity (Wildman–Crippen MR) is 97.8 cm³/mol. The molecule has 0 heterocycles. The van der Waals surface area contributed by atoms with Gasteiger partial charge in [0.05, 0.1) is 12.0 Å². The summed E-state index contributed by atoms with van der Waals surface area (Å²) in [5.41, 5.74) is 0.785. The molecule has 0 spiro atoms. The number of carbonyl (C=O) groups is 1. The first kappa shape index (κ1) is 17.0. The van der Waals surface area contributed by atoms with E-state index in [0.29, 0.717) is 27.8 Å². The van der Waals surface area contributed by atoms with Gasteiger partial charge >= 0.3 is 0 Å². The molecule has 0 radical (unpaired) electrons. The van der Waals surface area contributed by atoms with E-state index in [2.05, 4.69) is 4.72 Å². The van der Waals surface area contributed by atoms with E-state index in [0.717, 1.165) is 0 Å². The van der Waals surface area contributed by atoms with Crippen LogP contribution in [-0.2, 0) is 10.0 Å². The largest absolute Gasteiger partial charge is 0.496 e. The normalized spacial score (nSPS) is 11.3. The predicted octanol–water partition coefficient (Wildman–Crippen LogP) is 3.85. The molecule has 6 heteroatoms. The van der Waals surface area contributed by atoms with Gasteiger partial charge in [0.15, 0.2) is 5.78 Å². The van der Waals surface area contributed by atoms with Crippen molar-refractivity contribution < 1.29 is 17.9 Å². The van der Waals surface area contributed by atoms with Gasteiger partial charge < -0.3 is 4.74 Å².